The van der Waals surface area contributed by atoms with Crippen LogP contribution in [0.15, 0.2) is 28.6 Å². The Bertz CT molecular complexity index is 849. The lowest BCUT2D eigenvalue weighted by Gasteiger charge is -2.11. The Kier molecular flexibility index (Phi) is 7.06. The molecule has 2 aromatic rings. The van der Waals surface area contributed by atoms with E-state index in [0.717, 1.165) is 22.6 Å². The molecule has 10 heteroatoms. The molecule has 0 aliphatic rings. The summed E-state index contributed by atoms with van der Waals surface area (Å²) >= 11 is 0.809. The Labute approximate surface area is 157 Å². The van der Waals surface area contributed by atoms with Gasteiger partial charge < -0.3 is 10.1 Å². The second-order valence-corrected chi connectivity index (χ2v) is 8.79. The number of amides is 1. The second kappa shape index (κ2) is 9.06. The zero-order valence-corrected chi connectivity index (χ0v) is 16.5. The van der Waals surface area contributed by atoms with Crippen LogP contribution in [0.4, 0.5) is 5.13 Å². The fourth-order valence-corrected chi connectivity index (χ4v) is 4.19. The molecular weight excluding hydrogens is 376 g/mol. The number of carbonyl (C=O) groups is 1. The Balaban J connectivity index is 1.85. The summed E-state index contributed by atoms with van der Waals surface area (Å²) in [6, 6.07) is 7.75. The summed E-state index contributed by atoms with van der Waals surface area (Å²) in [4.78, 5) is 11.0. The first kappa shape index (κ1) is 20.3. The minimum atomic E-state index is -3.73. The van der Waals surface area contributed by atoms with Crippen LogP contribution in [0, 0.1) is 0 Å². The molecule has 142 valence electrons. The summed E-state index contributed by atoms with van der Waals surface area (Å²) < 4.78 is 32.3. The minimum absolute atomic E-state index is 0.103. The van der Waals surface area contributed by atoms with Crippen molar-refractivity contribution in [2.75, 3.05) is 11.9 Å². The fourth-order valence-electron chi connectivity index (χ4n) is 2.13. The molecule has 8 nitrogen and oxygen atoms in total. The van der Waals surface area contributed by atoms with Crippen LogP contribution in [-0.4, -0.2) is 37.2 Å². The fraction of sp³-hybridized carbons (Fsp3) is 0.438. The van der Waals surface area contributed by atoms with Crippen LogP contribution in [0.5, 0.6) is 5.75 Å². The maximum absolute atomic E-state index is 12.2. The zero-order valence-electron chi connectivity index (χ0n) is 14.9. The smallest absolute Gasteiger partial charge is 0.269 e. The lowest BCUT2D eigenvalue weighted by Crippen LogP contribution is -2.25. The highest BCUT2D eigenvalue weighted by molar-refractivity contribution is 7.91. The number of aryl methyl sites for hydroxylation is 1. The van der Waals surface area contributed by atoms with Gasteiger partial charge in [0.2, 0.25) is 15.4 Å². The number of ether oxygens (including phenoxy) is 1. The molecule has 1 amide bonds. The van der Waals surface area contributed by atoms with Crippen molar-refractivity contribution in [1.82, 2.24) is 14.9 Å². The van der Waals surface area contributed by atoms with Crippen LogP contribution in [-0.2, 0) is 21.2 Å². The van der Waals surface area contributed by atoms with E-state index in [9.17, 15) is 13.2 Å². The summed E-state index contributed by atoms with van der Waals surface area (Å²) in [5.41, 5.74) is 1.08. The first-order valence-electron chi connectivity index (χ1n) is 8.12. The van der Waals surface area contributed by atoms with Crippen molar-refractivity contribution < 1.29 is 17.9 Å². The van der Waals surface area contributed by atoms with Crippen LogP contribution in [0.1, 0.15) is 32.8 Å². The third kappa shape index (κ3) is 6.36. The molecule has 0 unspecified atom stereocenters. The van der Waals surface area contributed by atoms with Gasteiger partial charge in [-0.3, -0.25) is 4.79 Å². The van der Waals surface area contributed by atoms with Crippen LogP contribution < -0.4 is 14.8 Å². The van der Waals surface area contributed by atoms with E-state index in [2.05, 4.69) is 20.2 Å². The van der Waals surface area contributed by atoms with E-state index in [-0.39, 0.29) is 28.0 Å². The Morgan fingerprint density at radius 2 is 2.08 bits per heavy atom. The third-order valence-corrected chi connectivity index (χ3v) is 5.79. The molecule has 1 heterocycles. The van der Waals surface area contributed by atoms with E-state index in [1.54, 1.807) is 0 Å². The third-order valence-electron chi connectivity index (χ3n) is 3.12. The molecule has 2 N–H and O–H groups in total. The summed E-state index contributed by atoms with van der Waals surface area (Å²) in [6.07, 6.45) is 1.44. The van der Waals surface area contributed by atoms with E-state index in [4.69, 9.17) is 4.74 Å². The molecule has 0 saturated carbocycles. The number of rotatable bonds is 9. The maximum atomic E-state index is 12.2. The quantitative estimate of drug-likeness (QED) is 0.495. The molecule has 26 heavy (non-hydrogen) atoms. The van der Waals surface area contributed by atoms with Crippen LogP contribution >= 0.6 is 11.3 Å². The summed E-state index contributed by atoms with van der Waals surface area (Å²) in [7, 11) is -3.73. The van der Waals surface area contributed by atoms with Crippen molar-refractivity contribution in [3.63, 3.8) is 0 Å². The molecule has 1 aromatic carbocycles. The number of hydrogen-bond acceptors (Lipinski definition) is 7. The zero-order chi connectivity index (χ0) is 19.2. The van der Waals surface area contributed by atoms with Crippen molar-refractivity contribution in [3.8, 4) is 5.75 Å². The van der Waals surface area contributed by atoms with Crippen LogP contribution in [0.3, 0.4) is 0 Å². The molecule has 0 radical (unpaired) electrons. The van der Waals surface area contributed by atoms with Crippen molar-refractivity contribution in [2.24, 2.45) is 0 Å². The number of sulfonamides is 1. The van der Waals surface area contributed by atoms with Gasteiger partial charge in [-0.05, 0) is 44.4 Å². The monoisotopic (exact) mass is 398 g/mol. The van der Waals surface area contributed by atoms with Gasteiger partial charge in [0, 0.05) is 13.5 Å². The molecule has 0 fully saturated rings. The molecule has 0 atom stereocenters. The average molecular weight is 399 g/mol. The molecule has 0 aliphatic heterocycles. The predicted molar refractivity (Wildman–Crippen MR) is 99.9 cm³/mol. The number of aromatic nitrogens is 2. The number of benzene rings is 1. The molecule has 0 aliphatic carbocycles. The standard InChI is InChI=1S/C16H22N4O4S2/c1-11(2)24-14-8-4-6-13(10-14)7-5-9-17-26(22,23)16-20-19-15(25-16)18-12(3)21/h4,6,8,10-11,17H,5,7,9H2,1-3H3,(H,18,19,21). The Hall–Kier alpha value is -2.04. The highest BCUT2D eigenvalue weighted by atomic mass is 32.2. The average Bonchev–Trinajstić information content (AvgIpc) is 3.00. The first-order valence-corrected chi connectivity index (χ1v) is 10.4. The predicted octanol–water partition coefficient (Wildman–Crippen LogP) is 2.19. The van der Waals surface area contributed by atoms with Crippen LogP contribution in [0.2, 0.25) is 0 Å². The van der Waals surface area contributed by atoms with E-state index >= 15 is 0 Å². The number of nitrogens with one attached hydrogen (secondary N) is 2. The van der Waals surface area contributed by atoms with E-state index in [1.165, 1.54) is 6.92 Å². The van der Waals surface area contributed by atoms with Gasteiger partial charge in [0.05, 0.1) is 6.10 Å². The van der Waals surface area contributed by atoms with Gasteiger partial charge in [0.25, 0.3) is 10.0 Å². The van der Waals surface area contributed by atoms with Gasteiger partial charge >= 0.3 is 0 Å². The van der Waals surface area contributed by atoms with E-state index < -0.39 is 10.0 Å². The number of carbonyl (C=O) groups excluding carboxylic acids is 1. The van der Waals surface area contributed by atoms with Gasteiger partial charge in [-0.1, -0.05) is 23.5 Å². The molecule has 0 saturated heterocycles. The lowest BCUT2D eigenvalue weighted by molar-refractivity contribution is -0.114. The minimum Gasteiger partial charge on any atom is -0.491 e. The van der Waals surface area contributed by atoms with Gasteiger partial charge in [-0.15, -0.1) is 10.2 Å². The topological polar surface area (TPSA) is 110 Å². The molecule has 2 rings (SSSR count). The van der Waals surface area contributed by atoms with Crippen molar-refractivity contribution in [3.05, 3.63) is 29.8 Å². The molecule has 1 aromatic heterocycles. The second-order valence-electron chi connectivity index (χ2n) is 5.87. The first-order chi connectivity index (χ1) is 12.3. The largest absolute Gasteiger partial charge is 0.491 e. The Morgan fingerprint density at radius 1 is 1.31 bits per heavy atom. The van der Waals surface area contributed by atoms with Gasteiger partial charge in [0.15, 0.2) is 0 Å². The van der Waals surface area contributed by atoms with E-state index in [1.807, 2.05) is 38.1 Å². The highest BCUT2D eigenvalue weighted by Gasteiger charge is 2.19. The number of hydrogen-bond donors (Lipinski definition) is 2. The summed E-state index contributed by atoms with van der Waals surface area (Å²) in [5, 5.41) is 9.80. The van der Waals surface area contributed by atoms with Crippen molar-refractivity contribution >= 4 is 32.4 Å². The van der Waals surface area contributed by atoms with E-state index in [0.29, 0.717) is 12.8 Å². The highest BCUT2D eigenvalue weighted by Crippen LogP contribution is 2.20. The molecular formula is C16H22N4O4S2. The van der Waals surface area contributed by atoms with Crippen molar-refractivity contribution in [2.45, 2.75) is 44.1 Å². The molecule has 0 spiro atoms. The molecule has 0 bridgehead atoms. The van der Waals surface area contributed by atoms with Crippen LogP contribution in [0.25, 0.3) is 0 Å². The maximum Gasteiger partial charge on any atom is 0.269 e. The summed E-state index contributed by atoms with van der Waals surface area (Å²) in [6.45, 7) is 5.51. The number of anilines is 1. The SMILES string of the molecule is CC(=O)Nc1nnc(S(=O)(=O)NCCCc2cccc(OC(C)C)c2)s1. The van der Waals surface area contributed by atoms with Gasteiger partial charge in [0.1, 0.15) is 5.75 Å². The number of nitrogens with zero attached hydrogens (tertiary/aromatic N) is 2. The summed E-state index contributed by atoms with van der Waals surface area (Å²) in [5.74, 6) is 0.471. The normalized spacial score (nSPS) is 11.5. The lowest BCUT2D eigenvalue weighted by atomic mass is 10.1. The van der Waals surface area contributed by atoms with Crippen molar-refractivity contribution in [1.29, 1.82) is 0 Å². The Morgan fingerprint density at radius 3 is 2.77 bits per heavy atom. The van der Waals surface area contributed by atoms with Gasteiger partial charge in [-0.25, -0.2) is 13.1 Å². The van der Waals surface area contributed by atoms with Gasteiger partial charge in [-0.2, -0.15) is 0 Å².